The molecule has 1 N–H and O–H groups in total. The molecular weight excluding hydrogens is 502 g/mol. The van der Waals surface area contributed by atoms with Gasteiger partial charge in [0.25, 0.3) is 5.88 Å². The Bertz CT molecular complexity index is 1790. The lowest BCUT2D eigenvalue weighted by Crippen LogP contribution is -2.04. The van der Waals surface area contributed by atoms with Crippen molar-refractivity contribution in [3.05, 3.63) is 115 Å². The number of pyridine rings is 1. The lowest BCUT2D eigenvalue weighted by Gasteiger charge is -2.12. The number of aromatic nitrogens is 5. The van der Waals surface area contributed by atoms with Gasteiger partial charge in [0.2, 0.25) is 5.95 Å². The van der Waals surface area contributed by atoms with Gasteiger partial charge in [0.05, 0.1) is 25.1 Å². The largest absolute Gasteiger partial charge is 0.497 e. The summed E-state index contributed by atoms with van der Waals surface area (Å²) in [6, 6.07) is 28.7. The van der Waals surface area contributed by atoms with Crippen LogP contribution < -0.4 is 14.8 Å². The first-order valence-electron chi connectivity index (χ1n) is 12.5. The number of nitrogens with one attached hydrogen (secondary N) is 1. The number of nitrogens with zero attached hydrogens (tertiary/aromatic N) is 6. The van der Waals surface area contributed by atoms with Crippen LogP contribution in [0.25, 0.3) is 22.3 Å². The molecule has 3 aromatic carbocycles. The predicted octanol–water partition coefficient (Wildman–Crippen LogP) is 6.35. The van der Waals surface area contributed by atoms with Crippen molar-refractivity contribution in [1.29, 1.82) is 5.26 Å². The summed E-state index contributed by atoms with van der Waals surface area (Å²) in [7, 11) is 1.65. The molecule has 0 amide bonds. The quantitative estimate of drug-likeness (QED) is 0.245. The number of ether oxygens (including phenoxy) is 2. The monoisotopic (exact) mass is 525 g/mol. The number of hydrogen-bond acceptors (Lipinski definition) is 8. The first-order valence-corrected chi connectivity index (χ1v) is 12.5. The van der Waals surface area contributed by atoms with Gasteiger partial charge in [-0.05, 0) is 77.4 Å². The number of methoxy groups -OCH3 is 1. The summed E-state index contributed by atoms with van der Waals surface area (Å²) in [4.78, 5) is 18.0. The van der Waals surface area contributed by atoms with E-state index in [1.807, 2.05) is 65.2 Å². The summed E-state index contributed by atoms with van der Waals surface area (Å²) in [6.45, 7) is 0.545. The van der Waals surface area contributed by atoms with Crippen LogP contribution in [0.4, 0.5) is 11.6 Å². The van der Waals surface area contributed by atoms with Crippen LogP contribution in [0.2, 0.25) is 0 Å². The van der Waals surface area contributed by atoms with Crippen LogP contribution in [0.15, 0.2) is 104 Å². The van der Waals surface area contributed by atoms with Crippen LogP contribution in [0.3, 0.4) is 0 Å². The van der Waals surface area contributed by atoms with E-state index in [4.69, 9.17) is 19.7 Å². The number of benzene rings is 3. The van der Waals surface area contributed by atoms with Crippen LogP contribution in [0, 0.1) is 11.3 Å². The molecule has 0 radical (unpaired) electrons. The van der Waals surface area contributed by atoms with E-state index in [0.29, 0.717) is 40.8 Å². The number of imidazole rings is 1. The van der Waals surface area contributed by atoms with Gasteiger partial charge >= 0.3 is 0 Å². The Morgan fingerprint density at radius 3 is 2.23 bits per heavy atom. The van der Waals surface area contributed by atoms with Gasteiger partial charge < -0.3 is 19.4 Å². The average Bonchev–Trinajstić information content (AvgIpc) is 3.41. The number of hydrogen-bond donors (Lipinski definition) is 1. The van der Waals surface area contributed by atoms with E-state index in [1.54, 1.807) is 50.1 Å². The van der Waals surface area contributed by atoms with Gasteiger partial charge in [0.1, 0.15) is 11.5 Å². The fourth-order valence-electron chi connectivity index (χ4n) is 4.25. The standard InChI is InChI=1S/C31H23N7O2/c1-39-26-10-4-22(5-11-26)19-38-20-34-29-28(38)30(37-31(36-29)35-25-8-2-21(18-32)3-9-25)40-27-12-6-23(7-13-27)24-14-16-33-17-15-24/h2-17,20H,19H2,1H3,(H,35,36,37). The Hall–Kier alpha value is -5.75. The highest BCUT2D eigenvalue weighted by Crippen LogP contribution is 2.31. The molecule has 0 aliphatic heterocycles. The van der Waals surface area contributed by atoms with Crippen LogP contribution in [0.5, 0.6) is 17.4 Å². The van der Waals surface area contributed by atoms with Crippen LogP contribution >= 0.6 is 0 Å². The van der Waals surface area contributed by atoms with Gasteiger partial charge in [-0.3, -0.25) is 4.98 Å². The lowest BCUT2D eigenvalue weighted by atomic mass is 10.1. The molecule has 3 aromatic heterocycles. The molecule has 0 saturated carbocycles. The molecule has 6 aromatic rings. The van der Waals surface area contributed by atoms with Gasteiger partial charge in [-0.2, -0.15) is 15.2 Å². The van der Waals surface area contributed by atoms with Crippen LogP contribution in [-0.2, 0) is 6.54 Å². The molecule has 9 nitrogen and oxygen atoms in total. The Labute approximate surface area is 230 Å². The van der Waals surface area contributed by atoms with E-state index in [0.717, 1.165) is 28.1 Å². The van der Waals surface area contributed by atoms with E-state index in [-0.39, 0.29) is 0 Å². The molecular formula is C31H23N7O2. The first kappa shape index (κ1) is 24.6. The molecule has 40 heavy (non-hydrogen) atoms. The Morgan fingerprint density at radius 2 is 1.52 bits per heavy atom. The molecule has 0 fully saturated rings. The van der Waals surface area contributed by atoms with Crippen LogP contribution in [0.1, 0.15) is 11.1 Å². The Balaban J connectivity index is 1.36. The van der Waals surface area contributed by atoms with Gasteiger partial charge in [0, 0.05) is 24.6 Å². The summed E-state index contributed by atoms with van der Waals surface area (Å²) in [6.07, 6.45) is 5.27. The van der Waals surface area contributed by atoms with Gasteiger partial charge in [-0.15, -0.1) is 0 Å². The molecule has 0 bridgehead atoms. The van der Waals surface area contributed by atoms with Crippen molar-refractivity contribution in [2.75, 3.05) is 12.4 Å². The normalized spacial score (nSPS) is 10.7. The third-order valence-electron chi connectivity index (χ3n) is 6.30. The van der Waals surface area contributed by atoms with E-state index in [1.165, 1.54) is 0 Å². The van der Waals surface area contributed by atoms with E-state index >= 15 is 0 Å². The molecule has 6 rings (SSSR count). The minimum Gasteiger partial charge on any atom is -0.497 e. The van der Waals surface area contributed by atoms with Crippen molar-refractivity contribution in [2.45, 2.75) is 6.54 Å². The maximum absolute atomic E-state index is 9.10. The second-order valence-electron chi connectivity index (χ2n) is 8.92. The molecule has 0 atom stereocenters. The van der Waals surface area contributed by atoms with E-state index < -0.39 is 0 Å². The summed E-state index contributed by atoms with van der Waals surface area (Å²) >= 11 is 0. The highest BCUT2D eigenvalue weighted by molar-refractivity contribution is 5.79. The maximum atomic E-state index is 9.10. The second kappa shape index (κ2) is 10.9. The SMILES string of the molecule is COc1ccc(Cn2cnc3nc(Nc4ccc(C#N)cc4)nc(Oc4ccc(-c5ccncc5)cc4)c32)cc1. The molecule has 0 aliphatic carbocycles. The lowest BCUT2D eigenvalue weighted by molar-refractivity contribution is 0.414. The van der Waals surface area contributed by atoms with E-state index in [2.05, 4.69) is 26.3 Å². The number of nitriles is 1. The Morgan fingerprint density at radius 1 is 0.825 bits per heavy atom. The second-order valence-corrected chi connectivity index (χ2v) is 8.92. The van der Waals surface area contributed by atoms with Crippen molar-refractivity contribution >= 4 is 22.8 Å². The summed E-state index contributed by atoms with van der Waals surface area (Å²) in [5, 5.41) is 12.3. The minimum absolute atomic E-state index is 0.329. The molecule has 194 valence electrons. The molecule has 0 unspecified atom stereocenters. The fraction of sp³-hybridized carbons (Fsp3) is 0.0645. The maximum Gasteiger partial charge on any atom is 0.250 e. The summed E-state index contributed by atoms with van der Waals surface area (Å²) < 4.78 is 13.6. The predicted molar refractivity (Wildman–Crippen MR) is 152 cm³/mol. The summed E-state index contributed by atoms with van der Waals surface area (Å²) in [5.41, 5.74) is 5.64. The topological polar surface area (TPSA) is 111 Å². The molecule has 3 heterocycles. The van der Waals surface area contributed by atoms with Gasteiger partial charge in [-0.25, -0.2) is 4.98 Å². The fourth-order valence-corrected chi connectivity index (χ4v) is 4.25. The molecule has 0 aliphatic rings. The number of fused-ring (bicyclic) bond motifs is 1. The van der Waals surface area contributed by atoms with Gasteiger partial charge in [0.15, 0.2) is 11.2 Å². The third kappa shape index (κ3) is 5.28. The number of anilines is 2. The van der Waals surface area contributed by atoms with E-state index in [9.17, 15) is 0 Å². The zero-order valence-electron chi connectivity index (χ0n) is 21.5. The Kier molecular flexibility index (Phi) is 6.72. The van der Waals surface area contributed by atoms with Crippen LogP contribution in [-0.4, -0.2) is 31.6 Å². The smallest absolute Gasteiger partial charge is 0.250 e. The molecule has 9 heteroatoms. The zero-order chi connectivity index (χ0) is 27.3. The zero-order valence-corrected chi connectivity index (χ0v) is 21.5. The van der Waals surface area contributed by atoms with Crippen molar-refractivity contribution in [3.8, 4) is 34.6 Å². The number of rotatable bonds is 8. The molecule has 0 spiro atoms. The van der Waals surface area contributed by atoms with Crippen molar-refractivity contribution in [2.24, 2.45) is 0 Å². The summed E-state index contributed by atoms with van der Waals surface area (Å²) in [5.74, 6) is 2.11. The van der Waals surface area contributed by atoms with Crippen molar-refractivity contribution in [1.82, 2.24) is 24.5 Å². The highest BCUT2D eigenvalue weighted by atomic mass is 16.5. The van der Waals surface area contributed by atoms with Crippen molar-refractivity contribution < 1.29 is 9.47 Å². The third-order valence-corrected chi connectivity index (χ3v) is 6.30. The van der Waals surface area contributed by atoms with Gasteiger partial charge in [-0.1, -0.05) is 24.3 Å². The first-order chi connectivity index (χ1) is 19.7. The highest BCUT2D eigenvalue weighted by Gasteiger charge is 2.17. The molecule has 0 saturated heterocycles. The average molecular weight is 526 g/mol. The minimum atomic E-state index is 0.329. The van der Waals surface area contributed by atoms with Crippen molar-refractivity contribution in [3.63, 3.8) is 0 Å².